The van der Waals surface area contributed by atoms with Gasteiger partial charge in [0.05, 0.1) is 22.0 Å². The summed E-state index contributed by atoms with van der Waals surface area (Å²) >= 11 is 1.53. The van der Waals surface area contributed by atoms with E-state index in [2.05, 4.69) is 26.4 Å². The monoisotopic (exact) mass is 451 g/mol. The number of nitrogens with one attached hydrogen (secondary N) is 4. The molecule has 3 fully saturated rings. The summed E-state index contributed by atoms with van der Waals surface area (Å²) < 4.78 is 1.72. The summed E-state index contributed by atoms with van der Waals surface area (Å²) in [6.07, 6.45) is 10.2. The first kappa shape index (κ1) is 19.4. The third kappa shape index (κ3) is 3.72. The van der Waals surface area contributed by atoms with Crippen LogP contribution in [-0.2, 0) is 9.59 Å². The molecule has 2 aromatic heterocycles. The van der Waals surface area contributed by atoms with Crippen LogP contribution >= 0.6 is 11.8 Å². The van der Waals surface area contributed by atoms with Crippen molar-refractivity contribution in [3.63, 3.8) is 0 Å². The molecule has 0 aromatic carbocycles. The Morgan fingerprint density at radius 3 is 2.72 bits per heavy atom. The summed E-state index contributed by atoms with van der Waals surface area (Å²) in [5.74, 6) is 0.340. The van der Waals surface area contributed by atoms with Gasteiger partial charge in [0.1, 0.15) is 11.5 Å². The molecule has 0 radical (unpaired) electrons. The van der Waals surface area contributed by atoms with Gasteiger partial charge >= 0.3 is 6.03 Å². The molecule has 164 valence electrons. The molecular weight excluding hydrogens is 430 g/mol. The van der Waals surface area contributed by atoms with Gasteiger partial charge in [-0.1, -0.05) is 6.08 Å². The van der Waals surface area contributed by atoms with Crippen LogP contribution in [0.3, 0.4) is 0 Å². The van der Waals surface area contributed by atoms with E-state index in [0.717, 1.165) is 42.1 Å². The standard InChI is InChI=1S/C21H21N7O3S/c29-19-14(26-21(31)27-19)7-10-9-22-28-17(23-11-1-2-11)8-13(25-18(10)28)15-5-6-16(32-15)20(30)24-12-3-4-12/h6-9,11-12,15,23H,1-5H2,(H,24,30)(H2,26,27,29,31)/b14-7-. The largest absolute Gasteiger partial charge is 0.367 e. The molecule has 2 aliphatic heterocycles. The molecule has 32 heavy (non-hydrogen) atoms. The number of allylic oxidation sites excluding steroid dienone is 1. The Morgan fingerprint density at radius 1 is 1.19 bits per heavy atom. The fourth-order valence-electron chi connectivity index (χ4n) is 3.72. The van der Waals surface area contributed by atoms with Crippen LogP contribution in [0.5, 0.6) is 0 Å². The van der Waals surface area contributed by atoms with Crippen molar-refractivity contribution in [2.45, 2.75) is 49.4 Å². The molecule has 1 unspecified atom stereocenters. The Morgan fingerprint density at radius 2 is 2.00 bits per heavy atom. The minimum Gasteiger partial charge on any atom is -0.367 e. The smallest absolute Gasteiger partial charge is 0.326 e. The van der Waals surface area contributed by atoms with Gasteiger partial charge in [0.15, 0.2) is 5.65 Å². The number of anilines is 1. The fourth-order valence-corrected chi connectivity index (χ4v) is 4.82. The number of carbonyl (C=O) groups excluding carboxylic acids is 3. The molecule has 2 saturated carbocycles. The maximum Gasteiger partial charge on any atom is 0.326 e. The summed E-state index contributed by atoms with van der Waals surface area (Å²) in [6.45, 7) is 0. The number of hydrogen-bond acceptors (Lipinski definition) is 7. The molecule has 10 nitrogen and oxygen atoms in total. The van der Waals surface area contributed by atoms with Gasteiger partial charge in [0.25, 0.3) is 11.8 Å². The average molecular weight is 452 g/mol. The number of urea groups is 1. The van der Waals surface area contributed by atoms with Gasteiger partial charge in [-0.15, -0.1) is 11.8 Å². The van der Waals surface area contributed by atoms with Crippen LogP contribution in [0.2, 0.25) is 0 Å². The van der Waals surface area contributed by atoms with Crippen molar-refractivity contribution in [2.24, 2.45) is 0 Å². The molecule has 1 saturated heterocycles. The Hall–Kier alpha value is -3.34. The van der Waals surface area contributed by atoms with Gasteiger partial charge in [-0.3, -0.25) is 14.9 Å². The molecule has 4 aliphatic rings. The van der Waals surface area contributed by atoms with Crippen LogP contribution in [0.15, 0.2) is 28.9 Å². The van der Waals surface area contributed by atoms with Crippen molar-refractivity contribution in [2.75, 3.05) is 5.32 Å². The fraction of sp³-hybridized carbons (Fsp3) is 0.381. The van der Waals surface area contributed by atoms with E-state index < -0.39 is 11.9 Å². The van der Waals surface area contributed by atoms with Gasteiger partial charge in [-0.25, -0.2) is 9.78 Å². The van der Waals surface area contributed by atoms with Crippen LogP contribution in [-0.4, -0.2) is 44.5 Å². The molecule has 6 rings (SSSR count). The van der Waals surface area contributed by atoms with Crippen molar-refractivity contribution in [3.8, 4) is 0 Å². The number of rotatable bonds is 6. The van der Waals surface area contributed by atoms with E-state index >= 15 is 0 Å². The number of fused-ring (bicyclic) bond motifs is 1. The minimum atomic E-state index is -0.548. The SMILES string of the molecule is O=C1NC(=O)/C(=C/c2cnn3c(NC4CC4)cc(C4CC=C(C(=O)NC5CC5)S4)nc23)N1. The maximum absolute atomic E-state index is 12.4. The van der Waals surface area contributed by atoms with E-state index in [0.29, 0.717) is 29.7 Å². The summed E-state index contributed by atoms with van der Waals surface area (Å²) in [6, 6.07) is 2.18. The Labute approximate surface area is 187 Å². The lowest BCUT2D eigenvalue weighted by atomic mass is 10.2. The normalized spacial score (nSPS) is 23.9. The number of aromatic nitrogens is 3. The molecule has 4 heterocycles. The zero-order valence-electron chi connectivity index (χ0n) is 17.1. The van der Waals surface area contributed by atoms with Crippen molar-refractivity contribution in [1.29, 1.82) is 0 Å². The second-order valence-corrected chi connectivity index (χ2v) is 9.69. The van der Waals surface area contributed by atoms with E-state index in [9.17, 15) is 14.4 Å². The van der Waals surface area contributed by atoms with Crippen LogP contribution in [0.4, 0.5) is 10.6 Å². The lowest BCUT2D eigenvalue weighted by Crippen LogP contribution is -2.25. The Kier molecular flexibility index (Phi) is 4.46. The summed E-state index contributed by atoms with van der Waals surface area (Å²) in [4.78, 5) is 41.4. The third-order valence-corrected chi connectivity index (χ3v) is 7.05. The van der Waals surface area contributed by atoms with E-state index in [1.54, 1.807) is 16.8 Å². The van der Waals surface area contributed by atoms with E-state index in [4.69, 9.17) is 4.98 Å². The van der Waals surface area contributed by atoms with Crippen molar-refractivity contribution >= 4 is 47.1 Å². The predicted molar refractivity (Wildman–Crippen MR) is 118 cm³/mol. The first-order valence-corrected chi connectivity index (χ1v) is 11.6. The van der Waals surface area contributed by atoms with E-state index in [1.165, 1.54) is 11.8 Å². The van der Waals surface area contributed by atoms with E-state index in [1.807, 2.05) is 12.1 Å². The summed E-state index contributed by atoms with van der Waals surface area (Å²) in [5, 5.41) is 15.7. The second-order valence-electron chi connectivity index (χ2n) is 8.44. The lowest BCUT2D eigenvalue weighted by Gasteiger charge is -2.14. The highest BCUT2D eigenvalue weighted by molar-refractivity contribution is 8.04. The van der Waals surface area contributed by atoms with E-state index in [-0.39, 0.29) is 16.9 Å². The number of thioether (sulfide) groups is 1. The lowest BCUT2D eigenvalue weighted by molar-refractivity contribution is -0.117. The summed E-state index contributed by atoms with van der Waals surface area (Å²) in [7, 11) is 0. The van der Waals surface area contributed by atoms with Crippen molar-refractivity contribution < 1.29 is 14.4 Å². The zero-order chi connectivity index (χ0) is 21.8. The quantitative estimate of drug-likeness (QED) is 0.389. The molecule has 11 heteroatoms. The average Bonchev–Trinajstić information content (AvgIpc) is 3.63. The molecule has 2 aromatic rings. The Balaban J connectivity index is 1.33. The first-order chi connectivity index (χ1) is 15.5. The molecular formula is C21H21N7O3S. The highest BCUT2D eigenvalue weighted by Gasteiger charge is 2.31. The maximum atomic E-state index is 12.4. The number of nitrogens with zero attached hydrogens (tertiary/aromatic N) is 3. The molecule has 0 spiro atoms. The summed E-state index contributed by atoms with van der Waals surface area (Å²) in [5.41, 5.74) is 2.21. The topological polar surface area (TPSA) is 130 Å². The number of hydrogen-bond donors (Lipinski definition) is 4. The van der Waals surface area contributed by atoms with Gasteiger partial charge < -0.3 is 16.0 Å². The third-order valence-electron chi connectivity index (χ3n) is 5.72. The van der Waals surface area contributed by atoms with Crippen LogP contribution in [0.25, 0.3) is 11.7 Å². The number of imide groups is 1. The number of amides is 4. The highest BCUT2D eigenvalue weighted by Crippen LogP contribution is 2.44. The van der Waals surface area contributed by atoms with Crippen LogP contribution in [0, 0.1) is 0 Å². The zero-order valence-corrected chi connectivity index (χ0v) is 17.9. The van der Waals surface area contributed by atoms with Gasteiger partial charge in [0.2, 0.25) is 0 Å². The second kappa shape index (κ2) is 7.37. The molecule has 2 aliphatic carbocycles. The predicted octanol–water partition coefficient (Wildman–Crippen LogP) is 1.82. The highest BCUT2D eigenvalue weighted by atomic mass is 32.2. The van der Waals surface area contributed by atoms with Crippen LogP contribution < -0.4 is 21.3 Å². The molecule has 4 amide bonds. The molecule has 4 N–H and O–H groups in total. The Bertz CT molecular complexity index is 1230. The molecule has 0 bridgehead atoms. The molecule has 1 atom stereocenters. The first-order valence-electron chi connectivity index (χ1n) is 10.7. The van der Waals surface area contributed by atoms with Gasteiger partial charge in [-0.05, 0) is 38.2 Å². The van der Waals surface area contributed by atoms with Gasteiger partial charge in [-0.2, -0.15) is 9.61 Å². The van der Waals surface area contributed by atoms with Crippen LogP contribution in [0.1, 0.15) is 48.6 Å². The minimum absolute atomic E-state index is 0.00447. The van der Waals surface area contributed by atoms with Gasteiger partial charge in [0, 0.05) is 23.7 Å². The van der Waals surface area contributed by atoms with Crippen molar-refractivity contribution in [3.05, 3.63) is 40.2 Å². The van der Waals surface area contributed by atoms with Crippen molar-refractivity contribution in [1.82, 2.24) is 30.5 Å². The number of carbonyl (C=O) groups is 3.